The number of carbonyl (C=O) groups excluding carboxylic acids is 1. The van der Waals surface area contributed by atoms with Crippen molar-refractivity contribution in [3.63, 3.8) is 0 Å². The smallest absolute Gasteiger partial charge is 0.220 e. The van der Waals surface area contributed by atoms with E-state index in [2.05, 4.69) is 25.0 Å². The second-order valence-corrected chi connectivity index (χ2v) is 9.24. The highest BCUT2D eigenvalue weighted by Crippen LogP contribution is 2.29. The van der Waals surface area contributed by atoms with E-state index in [1.807, 2.05) is 54.6 Å². The van der Waals surface area contributed by atoms with E-state index < -0.39 is 0 Å². The third-order valence-electron chi connectivity index (χ3n) is 5.38. The van der Waals surface area contributed by atoms with Crippen LogP contribution in [-0.2, 0) is 9.53 Å². The van der Waals surface area contributed by atoms with Gasteiger partial charge in [0.05, 0.1) is 13.2 Å². The van der Waals surface area contributed by atoms with Crippen molar-refractivity contribution in [1.82, 2.24) is 25.0 Å². The van der Waals surface area contributed by atoms with Crippen LogP contribution in [0.15, 0.2) is 59.8 Å². The molecule has 0 aliphatic carbocycles. The van der Waals surface area contributed by atoms with Crippen LogP contribution in [0, 0.1) is 0 Å². The minimum atomic E-state index is 0.0928. The molecule has 9 heteroatoms. The summed E-state index contributed by atoms with van der Waals surface area (Å²) >= 11 is 7.67. The zero-order valence-corrected chi connectivity index (χ0v) is 20.0. The first-order chi connectivity index (χ1) is 16.2. The van der Waals surface area contributed by atoms with Crippen LogP contribution >= 0.6 is 23.4 Å². The first kappa shape index (κ1) is 23.8. The lowest BCUT2D eigenvalue weighted by atomic mass is 10.2. The van der Waals surface area contributed by atoms with Gasteiger partial charge in [-0.1, -0.05) is 41.6 Å². The molecule has 1 N–H and O–H groups in total. The van der Waals surface area contributed by atoms with Crippen LogP contribution in [0.1, 0.15) is 12.8 Å². The van der Waals surface area contributed by atoms with Crippen molar-refractivity contribution >= 4 is 29.3 Å². The van der Waals surface area contributed by atoms with Crippen LogP contribution < -0.4 is 5.32 Å². The lowest BCUT2D eigenvalue weighted by Gasteiger charge is -2.26. The fraction of sp³-hybridized carbons (Fsp3) is 0.375. The average molecular weight is 486 g/mol. The van der Waals surface area contributed by atoms with Crippen molar-refractivity contribution in [2.75, 3.05) is 45.1 Å². The lowest BCUT2D eigenvalue weighted by molar-refractivity contribution is -0.121. The Bertz CT molecular complexity index is 1020. The number of rotatable bonds is 10. The van der Waals surface area contributed by atoms with Crippen LogP contribution in [0.2, 0.25) is 5.02 Å². The Hall–Kier alpha value is -2.39. The highest BCUT2D eigenvalue weighted by molar-refractivity contribution is 7.99. The quantitative estimate of drug-likeness (QED) is 0.347. The van der Waals surface area contributed by atoms with E-state index in [-0.39, 0.29) is 5.91 Å². The van der Waals surface area contributed by atoms with Crippen LogP contribution in [0.4, 0.5) is 0 Å². The molecule has 1 amide bonds. The van der Waals surface area contributed by atoms with E-state index in [1.54, 1.807) is 11.8 Å². The lowest BCUT2D eigenvalue weighted by Crippen LogP contribution is -2.41. The van der Waals surface area contributed by atoms with Gasteiger partial charge in [0.15, 0.2) is 11.0 Å². The molecule has 1 aliphatic heterocycles. The first-order valence-electron chi connectivity index (χ1n) is 11.2. The molecule has 0 unspecified atom stereocenters. The van der Waals surface area contributed by atoms with Gasteiger partial charge < -0.3 is 10.1 Å². The molecule has 0 spiro atoms. The number of thioether (sulfide) groups is 1. The molecule has 0 saturated carbocycles. The number of para-hydroxylation sites is 1. The maximum Gasteiger partial charge on any atom is 0.220 e. The summed E-state index contributed by atoms with van der Waals surface area (Å²) in [7, 11) is 0. The van der Waals surface area contributed by atoms with E-state index in [0.717, 1.165) is 67.3 Å². The van der Waals surface area contributed by atoms with Crippen LogP contribution in [-0.4, -0.2) is 70.7 Å². The zero-order chi connectivity index (χ0) is 22.9. The zero-order valence-electron chi connectivity index (χ0n) is 18.5. The van der Waals surface area contributed by atoms with Gasteiger partial charge in [0, 0.05) is 54.6 Å². The van der Waals surface area contributed by atoms with Gasteiger partial charge in [-0.25, -0.2) is 0 Å². The van der Waals surface area contributed by atoms with Gasteiger partial charge in [0.25, 0.3) is 0 Å². The SMILES string of the molecule is O=C(CCCSc1nnc(-c2ccc(Cl)cc2)n1-c1ccccc1)NCCN1CCOCC1. The monoisotopic (exact) mass is 485 g/mol. The number of benzene rings is 2. The summed E-state index contributed by atoms with van der Waals surface area (Å²) in [6.07, 6.45) is 1.27. The molecule has 1 aromatic heterocycles. The predicted octanol–water partition coefficient (Wildman–Crippen LogP) is 3.91. The Morgan fingerprint density at radius 3 is 2.58 bits per heavy atom. The second-order valence-electron chi connectivity index (χ2n) is 7.74. The van der Waals surface area contributed by atoms with Gasteiger partial charge in [-0.3, -0.25) is 14.3 Å². The summed E-state index contributed by atoms with van der Waals surface area (Å²) < 4.78 is 7.40. The molecule has 0 bridgehead atoms. The summed E-state index contributed by atoms with van der Waals surface area (Å²) in [4.78, 5) is 14.5. The molecule has 2 heterocycles. The summed E-state index contributed by atoms with van der Waals surface area (Å²) in [6, 6.07) is 17.6. The highest BCUT2D eigenvalue weighted by Gasteiger charge is 2.16. The van der Waals surface area contributed by atoms with E-state index in [1.165, 1.54) is 0 Å². The summed E-state index contributed by atoms with van der Waals surface area (Å²) in [6.45, 7) is 4.98. The van der Waals surface area contributed by atoms with Crippen molar-refractivity contribution in [2.45, 2.75) is 18.0 Å². The topological polar surface area (TPSA) is 72.3 Å². The van der Waals surface area contributed by atoms with Gasteiger partial charge in [0.2, 0.25) is 5.91 Å². The maximum atomic E-state index is 12.2. The Labute approximate surface area is 203 Å². The number of nitrogens with zero attached hydrogens (tertiary/aromatic N) is 4. The molecule has 0 radical (unpaired) electrons. The maximum absolute atomic E-state index is 12.2. The Morgan fingerprint density at radius 1 is 1.06 bits per heavy atom. The number of carbonyl (C=O) groups is 1. The summed E-state index contributed by atoms with van der Waals surface area (Å²) in [5.74, 6) is 1.64. The molecule has 3 aromatic rings. The molecule has 33 heavy (non-hydrogen) atoms. The summed E-state index contributed by atoms with van der Waals surface area (Å²) in [5, 5.41) is 13.4. The van der Waals surface area contributed by atoms with Crippen LogP contribution in [0.3, 0.4) is 0 Å². The molecule has 1 saturated heterocycles. The standard InChI is InChI=1S/C24H28ClN5O2S/c25-20-10-8-19(9-11-20)23-27-28-24(30(23)21-5-2-1-3-6-21)33-18-4-7-22(31)26-12-13-29-14-16-32-17-15-29/h1-3,5-6,8-11H,4,7,12-18H2,(H,26,31). The molecule has 7 nitrogen and oxygen atoms in total. The minimum Gasteiger partial charge on any atom is -0.379 e. The first-order valence-corrected chi connectivity index (χ1v) is 12.5. The van der Waals surface area contributed by atoms with E-state index in [4.69, 9.17) is 16.3 Å². The van der Waals surface area contributed by atoms with Gasteiger partial charge in [-0.15, -0.1) is 10.2 Å². The molecule has 4 rings (SSSR count). The number of nitrogens with one attached hydrogen (secondary N) is 1. The number of amides is 1. The largest absolute Gasteiger partial charge is 0.379 e. The number of hydrogen-bond acceptors (Lipinski definition) is 6. The van der Waals surface area contributed by atoms with Gasteiger partial charge in [-0.05, 0) is 42.8 Å². The Kier molecular flexibility index (Phi) is 8.77. The molecular weight excluding hydrogens is 458 g/mol. The summed E-state index contributed by atoms with van der Waals surface area (Å²) in [5.41, 5.74) is 1.94. The minimum absolute atomic E-state index is 0.0928. The van der Waals surface area contributed by atoms with Crippen molar-refractivity contribution < 1.29 is 9.53 Å². The van der Waals surface area contributed by atoms with Gasteiger partial charge in [-0.2, -0.15) is 0 Å². The number of aromatic nitrogens is 3. The van der Waals surface area contributed by atoms with Crippen molar-refractivity contribution in [2.24, 2.45) is 0 Å². The van der Waals surface area contributed by atoms with E-state index in [9.17, 15) is 4.79 Å². The van der Waals surface area contributed by atoms with Crippen molar-refractivity contribution in [1.29, 1.82) is 0 Å². The fourth-order valence-corrected chi connectivity index (χ4v) is 4.64. The Morgan fingerprint density at radius 2 is 1.82 bits per heavy atom. The van der Waals surface area contributed by atoms with Gasteiger partial charge >= 0.3 is 0 Å². The van der Waals surface area contributed by atoms with E-state index >= 15 is 0 Å². The predicted molar refractivity (Wildman–Crippen MR) is 132 cm³/mol. The average Bonchev–Trinajstić information content (AvgIpc) is 3.27. The third-order valence-corrected chi connectivity index (χ3v) is 6.65. The number of hydrogen-bond donors (Lipinski definition) is 1. The number of ether oxygens (including phenoxy) is 1. The Balaban J connectivity index is 1.31. The van der Waals surface area contributed by atoms with Crippen molar-refractivity contribution in [3.05, 3.63) is 59.6 Å². The third kappa shape index (κ3) is 6.80. The number of halogens is 1. The molecule has 0 atom stereocenters. The van der Waals surface area contributed by atoms with Gasteiger partial charge in [0.1, 0.15) is 0 Å². The molecule has 1 aliphatic rings. The second kappa shape index (κ2) is 12.2. The van der Waals surface area contributed by atoms with Crippen LogP contribution in [0.25, 0.3) is 17.1 Å². The fourth-order valence-electron chi connectivity index (χ4n) is 3.62. The highest BCUT2D eigenvalue weighted by atomic mass is 35.5. The number of morpholine rings is 1. The van der Waals surface area contributed by atoms with Crippen molar-refractivity contribution in [3.8, 4) is 17.1 Å². The molecule has 174 valence electrons. The normalized spacial score (nSPS) is 14.3. The van der Waals surface area contributed by atoms with Crippen LogP contribution in [0.5, 0.6) is 0 Å². The van der Waals surface area contributed by atoms with E-state index in [0.29, 0.717) is 18.0 Å². The molecular formula is C24H28ClN5O2S. The molecule has 2 aromatic carbocycles. The molecule has 1 fully saturated rings.